The van der Waals surface area contributed by atoms with Crippen LogP contribution in [0.15, 0.2) is 53.7 Å². The van der Waals surface area contributed by atoms with E-state index in [4.69, 9.17) is 4.98 Å². The number of thiazole rings is 1. The summed E-state index contributed by atoms with van der Waals surface area (Å²) < 4.78 is 23.3. The molecule has 0 fully saturated rings. The summed E-state index contributed by atoms with van der Waals surface area (Å²) in [5, 5.41) is 4.18. The normalized spacial score (nSPS) is 11.4. The maximum Gasteiger partial charge on any atom is 0.183 e. The van der Waals surface area contributed by atoms with Crippen LogP contribution >= 0.6 is 11.3 Å². The summed E-state index contributed by atoms with van der Waals surface area (Å²) in [5.74, 6) is 0. The van der Waals surface area contributed by atoms with Crippen molar-refractivity contribution in [1.82, 2.24) is 9.97 Å². The van der Waals surface area contributed by atoms with E-state index < -0.39 is 9.84 Å². The van der Waals surface area contributed by atoms with Crippen LogP contribution < -0.4 is 5.32 Å². The zero-order valence-corrected chi connectivity index (χ0v) is 15.7. The van der Waals surface area contributed by atoms with E-state index >= 15 is 0 Å². The summed E-state index contributed by atoms with van der Waals surface area (Å²) in [6, 6.07) is 10.8. The number of hydrogen-bond acceptors (Lipinski definition) is 6. The van der Waals surface area contributed by atoms with Gasteiger partial charge in [0.05, 0.1) is 15.5 Å². The molecule has 0 bridgehead atoms. The Kier molecular flexibility index (Phi) is 5.15. The molecule has 1 N–H and O–H groups in total. The molecule has 0 spiro atoms. The predicted molar refractivity (Wildman–Crippen MR) is 103 cm³/mol. The molecule has 0 saturated heterocycles. The van der Waals surface area contributed by atoms with Crippen LogP contribution in [0.25, 0.3) is 21.7 Å². The van der Waals surface area contributed by atoms with E-state index in [-0.39, 0.29) is 0 Å². The highest BCUT2D eigenvalue weighted by Crippen LogP contribution is 2.39. The Hall–Kier alpha value is -2.25. The van der Waals surface area contributed by atoms with Crippen molar-refractivity contribution in [3.05, 3.63) is 48.8 Å². The van der Waals surface area contributed by atoms with Gasteiger partial charge in [-0.15, -0.1) is 0 Å². The van der Waals surface area contributed by atoms with Gasteiger partial charge in [0.15, 0.2) is 15.0 Å². The van der Waals surface area contributed by atoms with Crippen LogP contribution in [-0.2, 0) is 9.84 Å². The first-order valence-corrected chi connectivity index (χ1v) is 10.7. The van der Waals surface area contributed by atoms with Gasteiger partial charge in [-0.05, 0) is 36.2 Å². The van der Waals surface area contributed by atoms with Crippen LogP contribution in [-0.4, -0.2) is 31.2 Å². The third-order valence-electron chi connectivity index (χ3n) is 3.65. The number of hydrogen-bond donors (Lipinski definition) is 1. The van der Waals surface area contributed by atoms with Crippen molar-refractivity contribution in [3.8, 4) is 21.7 Å². The van der Waals surface area contributed by atoms with E-state index in [0.29, 0.717) is 4.90 Å². The second-order valence-electron chi connectivity index (χ2n) is 5.66. The highest BCUT2D eigenvalue weighted by atomic mass is 32.2. The van der Waals surface area contributed by atoms with Gasteiger partial charge in [0, 0.05) is 30.8 Å². The van der Waals surface area contributed by atoms with Crippen molar-refractivity contribution in [2.24, 2.45) is 0 Å². The summed E-state index contributed by atoms with van der Waals surface area (Å²) in [7, 11) is -3.20. The maximum atomic E-state index is 11.7. The van der Waals surface area contributed by atoms with Crippen LogP contribution in [0.5, 0.6) is 0 Å². The number of sulfone groups is 1. The molecule has 2 aromatic heterocycles. The fourth-order valence-electron chi connectivity index (χ4n) is 2.38. The standard InChI is InChI=1S/C18H19N3O2S2/c1-3-10-20-18-21-16(13-8-11-19-12-9-13)17(24-18)14-4-6-15(7-5-14)25(2,22)23/h4-9,11-12H,3,10H2,1-2H3,(H,20,21). The van der Waals surface area contributed by atoms with E-state index in [9.17, 15) is 8.42 Å². The Morgan fingerprint density at radius 1 is 1.04 bits per heavy atom. The number of aromatic nitrogens is 2. The first kappa shape index (κ1) is 17.6. The zero-order valence-electron chi connectivity index (χ0n) is 14.1. The molecule has 0 atom stereocenters. The SMILES string of the molecule is CCCNc1nc(-c2ccncc2)c(-c2ccc(S(C)(=O)=O)cc2)s1. The van der Waals surface area contributed by atoms with Crippen molar-refractivity contribution in [3.63, 3.8) is 0 Å². The average Bonchev–Trinajstić information content (AvgIpc) is 3.04. The Labute approximate surface area is 151 Å². The van der Waals surface area contributed by atoms with Gasteiger partial charge in [-0.25, -0.2) is 13.4 Å². The first-order chi connectivity index (χ1) is 12.0. The molecule has 1 aromatic carbocycles. The Balaban J connectivity index is 2.06. The van der Waals surface area contributed by atoms with E-state index in [1.54, 1.807) is 35.9 Å². The van der Waals surface area contributed by atoms with E-state index in [1.165, 1.54) is 6.26 Å². The van der Waals surface area contributed by atoms with Crippen LogP contribution in [0, 0.1) is 0 Å². The van der Waals surface area contributed by atoms with Crippen LogP contribution in [0.3, 0.4) is 0 Å². The van der Waals surface area contributed by atoms with Crippen molar-refractivity contribution >= 4 is 26.3 Å². The van der Waals surface area contributed by atoms with Crippen LogP contribution in [0.4, 0.5) is 5.13 Å². The third-order valence-corrected chi connectivity index (χ3v) is 5.84. The number of nitrogens with zero attached hydrogens (tertiary/aromatic N) is 2. The highest BCUT2D eigenvalue weighted by molar-refractivity contribution is 7.90. The van der Waals surface area contributed by atoms with Crippen molar-refractivity contribution in [2.45, 2.75) is 18.2 Å². The molecular weight excluding hydrogens is 354 g/mol. The summed E-state index contributed by atoms with van der Waals surface area (Å²) in [6.07, 6.45) is 5.71. The van der Waals surface area contributed by atoms with Gasteiger partial charge in [-0.3, -0.25) is 4.98 Å². The minimum atomic E-state index is -3.20. The molecule has 0 amide bonds. The third kappa shape index (κ3) is 4.05. The van der Waals surface area contributed by atoms with Gasteiger partial charge in [0.25, 0.3) is 0 Å². The molecule has 0 radical (unpaired) electrons. The van der Waals surface area contributed by atoms with Gasteiger partial charge in [0.1, 0.15) is 0 Å². The monoisotopic (exact) mass is 373 g/mol. The average molecular weight is 374 g/mol. The first-order valence-electron chi connectivity index (χ1n) is 7.94. The van der Waals surface area contributed by atoms with Gasteiger partial charge in [-0.1, -0.05) is 30.4 Å². The molecule has 3 aromatic rings. The Bertz CT molecular complexity index is 950. The van der Waals surface area contributed by atoms with Gasteiger partial charge in [0.2, 0.25) is 0 Å². The smallest absolute Gasteiger partial charge is 0.183 e. The van der Waals surface area contributed by atoms with Gasteiger partial charge < -0.3 is 5.32 Å². The van der Waals surface area contributed by atoms with Crippen molar-refractivity contribution in [2.75, 3.05) is 18.1 Å². The lowest BCUT2D eigenvalue weighted by atomic mass is 10.1. The molecule has 0 unspecified atom stereocenters. The van der Waals surface area contributed by atoms with E-state index in [0.717, 1.165) is 39.8 Å². The largest absolute Gasteiger partial charge is 0.361 e. The Morgan fingerprint density at radius 2 is 1.72 bits per heavy atom. The number of anilines is 1. The fourth-order valence-corrected chi connectivity index (χ4v) is 4.03. The number of rotatable bonds is 6. The Morgan fingerprint density at radius 3 is 2.32 bits per heavy atom. The molecule has 0 aliphatic carbocycles. The molecule has 7 heteroatoms. The number of benzene rings is 1. The van der Waals surface area contributed by atoms with Gasteiger partial charge >= 0.3 is 0 Å². The minimum Gasteiger partial charge on any atom is -0.361 e. The molecule has 2 heterocycles. The second kappa shape index (κ2) is 7.33. The molecular formula is C18H19N3O2S2. The predicted octanol–water partition coefficient (Wildman–Crippen LogP) is 4.10. The van der Waals surface area contributed by atoms with Crippen molar-refractivity contribution in [1.29, 1.82) is 0 Å². The van der Waals surface area contributed by atoms with E-state index in [2.05, 4.69) is 17.2 Å². The molecule has 3 rings (SSSR count). The molecule has 0 aliphatic heterocycles. The lowest BCUT2D eigenvalue weighted by Gasteiger charge is -2.04. The van der Waals surface area contributed by atoms with Gasteiger partial charge in [-0.2, -0.15) is 0 Å². The lowest BCUT2D eigenvalue weighted by molar-refractivity contribution is 0.602. The lowest BCUT2D eigenvalue weighted by Crippen LogP contribution is -1.98. The fraction of sp³-hybridized carbons (Fsp3) is 0.222. The second-order valence-corrected chi connectivity index (χ2v) is 8.67. The quantitative estimate of drug-likeness (QED) is 0.704. The summed E-state index contributed by atoms with van der Waals surface area (Å²) in [6.45, 7) is 2.96. The molecule has 130 valence electrons. The molecule has 5 nitrogen and oxygen atoms in total. The van der Waals surface area contributed by atoms with Crippen molar-refractivity contribution < 1.29 is 8.42 Å². The summed E-state index contributed by atoms with van der Waals surface area (Å²) in [4.78, 5) is 10.1. The number of nitrogens with one attached hydrogen (secondary N) is 1. The number of pyridine rings is 1. The maximum absolute atomic E-state index is 11.7. The van der Waals surface area contributed by atoms with Crippen LogP contribution in [0.2, 0.25) is 0 Å². The highest BCUT2D eigenvalue weighted by Gasteiger charge is 2.16. The molecule has 0 saturated carbocycles. The summed E-state index contributed by atoms with van der Waals surface area (Å²) in [5.41, 5.74) is 2.80. The van der Waals surface area contributed by atoms with Crippen LogP contribution in [0.1, 0.15) is 13.3 Å². The minimum absolute atomic E-state index is 0.315. The molecule has 25 heavy (non-hydrogen) atoms. The summed E-state index contributed by atoms with van der Waals surface area (Å²) >= 11 is 1.57. The topological polar surface area (TPSA) is 72.0 Å². The zero-order chi connectivity index (χ0) is 17.9. The molecule has 0 aliphatic rings. The van der Waals surface area contributed by atoms with E-state index in [1.807, 2.05) is 24.3 Å².